The Morgan fingerprint density at radius 2 is 0.677 bits per heavy atom. The van der Waals surface area contributed by atoms with E-state index in [1.807, 2.05) is 23.5 Å². The van der Waals surface area contributed by atoms with Gasteiger partial charge in [-0.05, 0) is 104 Å². The lowest BCUT2D eigenvalue weighted by Gasteiger charge is -2.35. The standard InChI is InChI=1S/C60H58N2S2Si/c1-3-5-7-19-41-61-53-25-15-17-27-57(53)63-59-43-47(33-39-55(59)61)45-29-35-51(36-30-45)65(49-21-11-9-12-22-49,50-23-13-10-14-24-50)52-37-31-46(32-38-52)48-34-40-56-60(44-48)64-58-28-18-16-26-54(58)62(56)42-20-8-6-4-2/h9-18,21-40,43-44H,3-8,19-20,41-42H2,1-2H3. The lowest BCUT2D eigenvalue weighted by Crippen LogP contribution is -2.74. The summed E-state index contributed by atoms with van der Waals surface area (Å²) in [6, 6.07) is 73.9. The summed E-state index contributed by atoms with van der Waals surface area (Å²) in [4.78, 5) is 10.5. The second-order valence-corrected chi connectivity index (χ2v) is 23.5. The molecular weight excluding hydrogens is 841 g/mol. The summed E-state index contributed by atoms with van der Waals surface area (Å²) < 4.78 is 0. The number of hydrogen-bond acceptors (Lipinski definition) is 4. The number of fused-ring (bicyclic) bond motifs is 4. The molecule has 0 N–H and O–H groups in total. The van der Waals surface area contributed by atoms with Crippen molar-refractivity contribution in [3.8, 4) is 22.3 Å². The molecule has 2 nitrogen and oxygen atoms in total. The van der Waals surface area contributed by atoms with Gasteiger partial charge in [-0.15, -0.1) is 0 Å². The van der Waals surface area contributed by atoms with Crippen LogP contribution in [-0.4, -0.2) is 21.2 Å². The van der Waals surface area contributed by atoms with Crippen molar-refractivity contribution in [3.05, 3.63) is 194 Å². The number of unbranched alkanes of at least 4 members (excludes halogenated alkanes) is 6. The molecule has 0 amide bonds. The van der Waals surface area contributed by atoms with Crippen LogP contribution < -0.4 is 30.5 Å². The van der Waals surface area contributed by atoms with Gasteiger partial charge in [0.1, 0.15) is 0 Å². The Kier molecular flexibility index (Phi) is 13.2. The molecule has 324 valence electrons. The highest BCUT2D eigenvalue weighted by Crippen LogP contribution is 2.50. The van der Waals surface area contributed by atoms with E-state index >= 15 is 0 Å². The molecule has 0 bridgehead atoms. The van der Waals surface area contributed by atoms with Crippen molar-refractivity contribution in [2.45, 2.75) is 84.8 Å². The first kappa shape index (κ1) is 43.2. The molecule has 10 rings (SSSR count). The van der Waals surface area contributed by atoms with E-state index in [1.54, 1.807) is 0 Å². The summed E-state index contributed by atoms with van der Waals surface area (Å²) in [6.45, 7) is 6.67. The van der Waals surface area contributed by atoms with Crippen LogP contribution in [0.25, 0.3) is 22.3 Å². The Morgan fingerprint density at radius 1 is 0.323 bits per heavy atom. The maximum atomic E-state index is 2.56. The van der Waals surface area contributed by atoms with Gasteiger partial charge in [-0.25, -0.2) is 0 Å². The monoisotopic (exact) mass is 898 g/mol. The minimum Gasteiger partial charge on any atom is -0.340 e. The van der Waals surface area contributed by atoms with Crippen LogP contribution in [0.1, 0.15) is 65.2 Å². The fourth-order valence-electron chi connectivity index (χ4n) is 10.1. The van der Waals surface area contributed by atoms with Crippen molar-refractivity contribution in [1.29, 1.82) is 0 Å². The molecule has 0 saturated carbocycles. The Hall–Kier alpha value is -5.72. The van der Waals surface area contributed by atoms with Crippen molar-refractivity contribution in [2.75, 3.05) is 22.9 Å². The summed E-state index contributed by atoms with van der Waals surface area (Å²) in [5.41, 5.74) is 10.3. The molecule has 0 radical (unpaired) electrons. The van der Waals surface area contributed by atoms with E-state index in [-0.39, 0.29) is 0 Å². The smallest absolute Gasteiger partial charge is 0.179 e. The van der Waals surface area contributed by atoms with Gasteiger partial charge in [0.05, 0.1) is 22.7 Å². The minimum absolute atomic E-state index is 1.05. The van der Waals surface area contributed by atoms with Crippen molar-refractivity contribution in [3.63, 3.8) is 0 Å². The molecule has 0 unspecified atom stereocenters. The van der Waals surface area contributed by atoms with Crippen molar-refractivity contribution >= 4 is 75.1 Å². The van der Waals surface area contributed by atoms with Gasteiger partial charge in [0.25, 0.3) is 0 Å². The average Bonchev–Trinajstić information content (AvgIpc) is 3.37. The van der Waals surface area contributed by atoms with E-state index in [9.17, 15) is 0 Å². The van der Waals surface area contributed by atoms with Gasteiger partial charge in [-0.3, -0.25) is 0 Å². The van der Waals surface area contributed by atoms with Crippen LogP contribution in [0.3, 0.4) is 0 Å². The van der Waals surface area contributed by atoms with Gasteiger partial charge in [0.2, 0.25) is 0 Å². The summed E-state index contributed by atoms with van der Waals surface area (Å²) in [5, 5.41) is 5.54. The van der Waals surface area contributed by atoms with Crippen molar-refractivity contribution < 1.29 is 0 Å². The van der Waals surface area contributed by atoms with Crippen molar-refractivity contribution in [1.82, 2.24) is 0 Å². The minimum atomic E-state index is -2.75. The first-order valence-corrected chi connectivity index (χ1v) is 27.5. The highest BCUT2D eigenvalue weighted by Gasteiger charge is 2.41. The van der Waals surface area contributed by atoms with Crippen LogP contribution in [0.2, 0.25) is 0 Å². The van der Waals surface area contributed by atoms with Crippen LogP contribution in [0.4, 0.5) is 22.7 Å². The quantitative estimate of drug-likeness (QED) is 0.0541. The van der Waals surface area contributed by atoms with Crippen LogP contribution in [-0.2, 0) is 0 Å². The molecule has 65 heavy (non-hydrogen) atoms. The van der Waals surface area contributed by atoms with E-state index in [1.165, 1.54) is 137 Å². The second-order valence-electron chi connectivity index (χ2n) is 17.6. The highest BCUT2D eigenvalue weighted by molar-refractivity contribution is 8.00. The van der Waals surface area contributed by atoms with Gasteiger partial charge in [-0.1, -0.05) is 221 Å². The summed E-state index contributed by atoms with van der Waals surface area (Å²) >= 11 is 3.81. The topological polar surface area (TPSA) is 6.48 Å². The molecule has 2 heterocycles. The zero-order valence-corrected chi connectivity index (χ0v) is 40.4. The average molecular weight is 899 g/mol. The van der Waals surface area contributed by atoms with Crippen LogP contribution in [0, 0.1) is 0 Å². The lowest BCUT2D eigenvalue weighted by molar-refractivity contribution is 0.666. The molecule has 0 spiro atoms. The molecular formula is C60H58N2S2Si. The maximum absolute atomic E-state index is 2.75. The van der Waals surface area contributed by atoms with Gasteiger partial charge in [0, 0.05) is 32.7 Å². The molecule has 0 aliphatic carbocycles. The van der Waals surface area contributed by atoms with E-state index in [0.29, 0.717) is 0 Å². The predicted octanol–water partition coefficient (Wildman–Crippen LogP) is 14.8. The van der Waals surface area contributed by atoms with Crippen LogP contribution >= 0.6 is 23.5 Å². The third kappa shape index (κ3) is 8.63. The van der Waals surface area contributed by atoms with Crippen LogP contribution in [0.15, 0.2) is 214 Å². The number of anilines is 4. The third-order valence-corrected chi connectivity index (χ3v) is 20.5. The second kappa shape index (κ2) is 19.8. The normalized spacial score (nSPS) is 12.9. The highest BCUT2D eigenvalue weighted by atomic mass is 32.2. The largest absolute Gasteiger partial charge is 0.340 e. The van der Waals surface area contributed by atoms with Gasteiger partial charge >= 0.3 is 0 Å². The zero-order valence-electron chi connectivity index (χ0n) is 37.8. The molecule has 0 atom stereocenters. The molecule has 8 aromatic rings. The fraction of sp³-hybridized carbons (Fsp3) is 0.200. The molecule has 5 heteroatoms. The third-order valence-electron chi connectivity index (χ3n) is 13.4. The Balaban J connectivity index is 1.000. The molecule has 2 aliphatic heterocycles. The van der Waals surface area contributed by atoms with Crippen molar-refractivity contribution in [2.24, 2.45) is 0 Å². The molecule has 2 aliphatic rings. The predicted molar refractivity (Wildman–Crippen MR) is 284 cm³/mol. The fourth-order valence-corrected chi connectivity index (χ4v) is 17.1. The van der Waals surface area contributed by atoms with E-state index < -0.39 is 8.07 Å². The number of rotatable bonds is 16. The number of para-hydroxylation sites is 2. The SMILES string of the molecule is CCCCCCN1c2ccccc2Sc2cc(-c3ccc([Si](c4ccccc4)(c4ccccc4)c4ccc(-c5ccc6c(c5)Sc5ccccc5N6CCCCCC)cc4)cc3)ccc21. The maximum Gasteiger partial charge on any atom is 0.179 e. The van der Waals surface area contributed by atoms with E-state index in [0.717, 1.165) is 13.1 Å². The molecule has 8 aromatic carbocycles. The Morgan fingerprint density at radius 3 is 1.09 bits per heavy atom. The summed E-state index contributed by atoms with van der Waals surface area (Å²) in [6.07, 6.45) is 10.0. The molecule has 0 aromatic heterocycles. The van der Waals surface area contributed by atoms with Gasteiger partial charge in [0.15, 0.2) is 8.07 Å². The molecule has 0 fully saturated rings. The molecule has 0 saturated heterocycles. The van der Waals surface area contributed by atoms with E-state index in [2.05, 4.69) is 218 Å². The Bertz CT molecular complexity index is 2660. The Labute approximate surface area is 396 Å². The van der Waals surface area contributed by atoms with Crippen LogP contribution in [0.5, 0.6) is 0 Å². The first-order valence-electron chi connectivity index (χ1n) is 23.9. The van der Waals surface area contributed by atoms with E-state index in [4.69, 9.17) is 0 Å². The number of benzene rings is 8. The summed E-state index contributed by atoms with van der Waals surface area (Å²) in [7, 11) is -2.75. The number of hydrogen-bond donors (Lipinski definition) is 0. The van der Waals surface area contributed by atoms with Gasteiger partial charge < -0.3 is 9.80 Å². The van der Waals surface area contributed by atoms with Gasteiger partial charge in [-0.2, -0.15) is 0 Å². The number of nitrogens with zero attached hydrogens (tertiary/aromatic N) is 2. The first-order chi connectivity index (χ1) is 32.1. The summed E-state index contributed by atoms with van der Waals surface area (Å²) in [5.74, 6) is 0. The lowest BCUT2D eigenvalue weighted by atomic mass is 10.0. The zero-order chi connectivity index (χ0) is 44.0.